The van der Waals surface area contributed by atoms with Gasteiger partial charge in [-0.05, 0) is 87.5 Å². The summed E-state index contributed by atoms with van der Waals surface area (Å²) in [5.74, 6) is 3.46. The normalized spacial score (nSPS) is 34.4. The lowest BCUT2D eigenvalue weighted by Gasteiger charge is -2.59. The molecule has 2 atom stereocenters. The molecule has 2 aromatic rings. The van der Waals surface area contributed by atoms with Crippen LogP contribution in [0, 0.1) is 17.3 Å². The Labute approximate surface area is 182 Å². The van der Waals surface area contributed by atoms with Gasteiger partial charge in [0, 0.05) is 29.1 Å². The Morgan fingerprint density at radius 1 is 1.03 bits per heavy atom. The van der Waals surface area contributed by atoms with Crippen LogP contribution in [0.4, 0.5) is 5.69 Å². The maximum absolute atomic E-state index is 13.4. The quantitative estimate of drug-likeness (QED) is 0.690. The number of hydrogen-bond acceptors (Lipinski definition) is 3. The molecule has 1 aliphatic heterocycles. The third-order valence-electron chi connectivity index (χ3n) is 7.98. The monoisotopic (exact) mass is 424 g/mol. The molecule has 5 aliphatic rings. The molecule has 30 heavy (non-hydrogen) atoms. The number of rotatable bonds is 3. The highest BCUT2D eigenvalue weighted by Crippen LogP contribution is 2.64. The average molecular weight is 425 g/mol. The molecule has 2 heterocycles. The molecule has 7 rings (SSSR count). The predicted octanol–water partition coefficient (Wildman–Crippen LogP) is 5.19. The Morgan fingerprint density at radius 3 is 2.53 bits per heavy atom. The van der Waals surface area contributed by atoms with Gasteiger partial charge in [-0.25, -0.2) is 0 Å². The van der Waals surface area contributed by atoms with Gasteiger partial charge in [-0.1, -0.05) is 6.42 Å². The maximum atomic E-state index is 13.4. The van der Waals surface area contributed by atoms with E-state index >= 15 is 0 Å². The van der Waals surface area contributed by atoms with Crippen molar-refractivity contribution in [1.29, 1.82) is 0 Å². The van der Waals surface area contributed by atoms with Crippen molar-refractivity contribution in [2.75, 3.05) is 5.32 Å². The van der Waals surface area contributed by atoms with Crippen molar-refractivity contribution >= 4 is 23.2 Å². The van der Waals surface area contributed by atoms with Crippen molar-refractivity contribution in [3.63, 3.8) is 0 Å². The molecule has 1 amide bonds. The number of benzene rings is 1. The molecule has 6 heteroatoms. The van der Waals surface area contributed by atoms with E-state index in [1.54, 1.807) is 0 Å². The summed E-state index contributed by atoms with van der Waals surface area (Å²) < 4.78 is 2.26. The SMILES string of the molecule is O=C(Nc1ccc(-c2nnc3n2CCCCC3)cc1)C12CC3CC(CC(Cl)(C3)C1)C2. The third-order valence-corrected chi connectivity index (χ3v) is 8.42. The van der Waals surface area contributed by atoms with E-state index in [0.29, 0.717) is 11.8 Å². The van der Waals surface area contributed by atoms with Gasteiger partial charge in [0.05, 0.1) is 5.41 Å². The summed E-state index contributed by atoms with van der Waals surface area (Å²) in [5, 5.41) is 12.1. The van der Waals surface area contributed by atoms with Crippen molar-refractivity contribution in [3.05, 3.63) is 30.1 Å². The second kappa shape index (κ2) is 6.81. The van der Waals surface area contributed by atoms with Crippen LogP contribution in [0.1, 0.15) is 63.6 Å². The predicted molar refractivity (Wildman–Crippen MR) is 117 cm³/mol. The number of carbonyl (C=O) groups excluding carboxylic acids is 1. The highest BCUT2D eigenvalue weighted by molar-refractivity contribution is 6.24. The van der Waals surface area contributed by atoms with Gasteiger partial charge >= 0.3 is 0 Å². The molecule has 1 N–H and O–H groups in total. The van der Waals surface area contributed by atoms with Crippen LogP contribution in [0.2, 0.25) is 0 Å². The molecule has 4 saturated carbocycles. The molecule has 0 radical (unpaired) electrons. The zero-order chi connectivity index (χ0) is 20.3. The van der Waals surface area contributed by atoms with E-state index in [4.69, 9.17) is 11.6 Å². The molecule has 4 fully saturated rings. The number of aryl methyl sites for hydroxylation is 1. The van der Waals surface area contributed by atoms with Crippen LogP contribution >= 0.6 is 11.6 Å². The largest absolute Gasteiger partial charge is 0.326 e. The Balaban J connectivity index is 1.21. The van der Waals surface area contributed by atoms with E-state index in [1.165, 1.54) is 25.7 Å². The van der Waals surface area contributed by atoms with Crippen LogP contribution in [0.15, 0.2) is 24.3 Å². The topological polar surface area (TPSA) is 59.8 Å². The van der Waals surface area contributed by atoms with Crippen LogP contribution < -0.4 is 5.32 Å². The lowest BCUT2D eigenvalue weighted by atomic mass is 9.49. The number of nitrogens with zero attached hydrogens (tertiary/aromatic N) is 3. The summed E-state index contributed by atoms with van der Waals surface area (Å²) in [6, 6.07) is 8.12. The zero-order valence-corrected chi connectivity index (χ0v) is 18.1. The van der Waals surface area contributed by atoms with Crippen molar-refractivity contribution in [3.8, 4) is 11.4 Å². The summed E-state index contributed by atoms with van der Waals surface area (Å²) >= 11 is 6.92. The lowest BCUT2D eigenvalue weighted by molar-refractivity contribution is -0.138. The van der Waals surface area contributed by atoms with Crippen LogP contribution in [-0.4, -0.2) is 25.5 Å². The molecule has 158 valence electrons. The molecule has 0 spiro atoms. The first-order valence-electron chi connectivity index (χ1n) is 11.5. The molecule has 2 unspecified atom stereocenters. The molecule has 1 aromatic carbocycles. The third kappa shape index (κ3) is 3.08. The summed E-state index contributed by atoms with van der Waals surface area (Å²) in [5.41, 5.74) is 1.65. The van der Waals surface area contributed by atoms with Crippen molar-refractivity contribution < 1.29 is 4.79 Å². The fourth-order valence-electron chi connectivity index (χ4n) is 7.08. The second-order valence-corrected chi connectivity index (χ2v) is 11.1. The first-order chi connectivity index (χ1) is 14.5. The Morgan fingerprint density at radius 2 is 1.80 bits per heavy atom. The minimum absolute atomic E-state index is 0.142. The first-order valence-corrected chi connectivity index (χ1v) is 11.9. The molecule has 5 nitrogen and oxygen atoms in total. The van der Waals surface area contributed by atoms with Gasteiger partial charge in [0.2, 0.25) is 5.91 Å². The van der Waals surface area contributed by atoms with Gasteiger partial charge in [0.1, 0.15) is 5.82 Å². The van der Waals surface area contributed by atoms with E-state index < -0.39 is 0 Å². The van der Waals surface area contributed by atoms with Crippen LogP contribution in [-0.2, 0) is 17.8 Å². The number of fused-ring (bicyclic) bond motifs is 1. The highest BCUT2D eigenvalue weighted by Gasteiger charge is 2.60. The zero-order valence-electron chi connectivity index (χ0n) is 17.4. The fraction of sp³-hybridized carbons (Fsp3) is 0.625. The minimum Gasteiger partial charge on any atom is -0.326 e. The van der Waals surface area contributed by atoms with Gasteiger partial charge < -0.3 is 9.88 Å². The number of aromatic nitrogens is 3. The second-order valence-electron chi connectivity index (χ2n) is 10.3. The maximum Gasteiger partial charge on any atom is 0.230 e. The fourth-order valence-corrected chi connectivity index (χ4v) is 7.77. The van der Waals surface area contributed by atoms with E-state index in [1.807, 2.05) is 12.1 Å². The van der Waals surface area contributed by atoms with Crippen molar-refractivity contribution in [2.24, 2.45) is 17.3 Å². The van der Waals surface area contributed by atoms with E-state index in [9.17, 15) is 4.79 Å². The number of alkyl halides is 1. The number of halogens is 1. The lowest BCUT2D eigenvalue weighted by Crippen LogP contribution is -2.57. The Hall–Kier alpha value is -1.88. The molecule has 4 bridgehead atoms. The first kappa shape index (κ1) is 18.9. The average Bonchev–Trinajstić information content (AvgIpc) is 2.95. The van der Waals surface area contributed by atoms with Crippen molar-refractivity contribution in [2.45, 2.75) is 75.6 Å². The Kier molecular flexibility index (Phi) is 4.28. The van der Waals surface area contributed by atoms with Gasteiger partial charge in [-0.3, -0.25) is 4.79 Å². The molecule has 0 saturated heterocycles. The highest BCUT2D eigenvalue weighted by atomic mass is 35.5. The van der Waals surface area contributed by atoms with Gasteiger partial charge in [-0.15, -0.1) is 21.8 Å². The molecule has 4 aliphatic carbocycles. The Bertz CT molecular complexity index is 968. The van der Waals surface area contributed by atoms with Gasteiger partial charge in [-0.2, -0.15) is 0 Å². The van der Waals surface area contributed by atoms with Gasteiger partial charge in [0.15, 0.2) is 5.82 Å². The minimum atomic E-state index is -0.269. The van der Waals surface area contributed by atoms with E-state index in [-0.39, 0.29) is 16.2 Å². The summed E-state index contributed by atoms with van der Waals surface area (Å²) in [6.07, 6.45) is 10.9. The summed E-state index contributed by atoms with van der Waals surface area (Å²) in [7, 11) is 0. The summed E-state index contributed by atoms with van der Waals surface area (Å²) in [4.78, 5) is 13.2. The number of nitrogens with one attached hydrogen (secondary N) is 1. The smallest absolute Gasteiger partial charge is 0.230 e. The summed E-state index contributed by atoms with van der Waals surface area (Å²) in [6.45, 7) is 0.987. The number of hydrogen-bond donors (Lipinski definition) is 1. The van der Waals surface area contributed by atoms with E-state index in [2.05, 4.69) is 32.2 Å². The van der Waals surface area contributed by atoms with Crippen molar-refractivity contribution in [1.82, 2.24) is 14.8 Å². The van der Waals surface area contributed by atoms with Crippen LogP contribution in [0.5, 0.6) is 0 Å². The molecular weight excluding hydrogens is 396 g/mol. The standard InChI is InChI=1S/C24H29ClN4O/c25-24-13-16-10-17(14-24)12-23(11-16,15-24)22(30)26-19-7-5-18(6-8-19)21-28-27-20-4-2-1-3-9-29(20)21/h5-8,16-17H,1-4,9-15H2,(H,26,30). The molecule has 1 aromatic heterocycles. The van der Waals surface area contributed by atoms with E-state index in [0.717, 1.165) is 68.0 Å². The number of carbonyl (C=O) groups is 1. The number of anilines is 1. The molecular formula is C24H29ClN4O. The van der Waals surface area contributed by atoms with Gasteiger partial charge in [0.25, 0.3) is 0 Å². The van der Waals surface area contributed by atoms with Crippen LogP contribution in [0.25, 0.3) is 11.4 Å². The number of amides is 1. The van der Waals surface area contributed by atoms with Crippen LogP contribution in [0.3, 0.4) is 0 Å².